The maximum absolute atomic E-state index is 11.8. The summed E-state index contributed by atoms with van der Waals surface area (Å²) >= 11 is 0. The third-order valence-electron chi connectivity index (χ3n) is 2.55. The monoisotopic (exact) mass is 236 g/mol. The Bertz CT molecular complexity index is 277. The molecule has 16 heavy (non-hydrogen) atoms. The lowest BCUT2D eigenvalue weighted by molar-refractivity contribution is -0.137. The molecule has 6 heteroatoms. The molecule has 0 heterocycles. The molecule has 0 rings (SSSR count). The van der Waals surface area contributed by atoms with Crippen LogP contribution in [0.15, 0.2) is 0 Å². The number of rotatable bonds is 5. The van der Waals surface area contributed by atoms with Gasteiger partial charge in [-0.3, -0.25) is 4.79 Å². The van der Waals surface area contributed by atoms with Gasteiger partial charge in [0.15, 0.2) is 0 Å². The highest BCUT2D eigenvalue weighted by molar-refractivity contribution is 5.85. The Balaban J connectivity index is 4.30. The van der Waals surface area contributed by atoms with Gasteiger partial charge in [-0.25, -0.2) is 0 Å². The number of hydrogen-bond acceptors (Lipinski definition) is 2. The van der Waals surface area contributed by atoms with E-state index in [4.69, 9.17) is 5.26 Å². The fourth-order valence-corrected chi connectivity index (χ4v) is 1.27. The Labute approximate surface area is 92.6 Å². The number of alkyl halides is 3. The zero-order valence-corrected chi connectivity index (χ0v) is 9.32. The molecule has 0 aromatic rings. The SMILES string of the molecule is CCC(C#N)(CC)C(=O)NCCC(F)(F)F. The van der Waals surface area contributed by atoms with E-state index in [1.54, 1.807) is 13.8 Å². The summed E-state index contributed by atoms with van der Waals surface area (Å²) < 4.78 is 35.5. The zero-order valence-electron chi connectivity index (χ0n) is 9.32. The van der Waals surface area contributed by atoms with E-state index in [0.29, 0.717) is 0 Å². The fourth-order valence-electron chi connectivity index (χ4n) is 1.27. The number of nitrogens with zero attached hydrogens (tertiary/aromatic N) is 1. The number of carbonyl (C=O) groups is 1. The van der Waals surface area contributed by atoms with E-state index in [1.807, 2.05) is 6.07 Å². The van der Waals surface area contributed by atoms with Crippen molar-refractivity contribution in [2.75, 3.05) is 6.54 Å². The molecule has 0 aliphatic rings. The van der Waals surface area contributed by atoms with Gasteiger partial charge >= 0.3 is 6.18 Å². The summed E-state index contributed by atoms with van der Waals surface area (Å²) in [5.74, 6) is -0.621. The Hall–Kier alpha value is -1.25. The molecule has 0 unspecified atom stereocenters. The zero-order chi connectivity index (χ0) is 12.8. The first-order valence-corrected chi connectivity index (χ1v) is 5.07. The Morgan fingerprint density at radius 3 is 2.12 bits per heavy atom. The molecule has 92 valence electrons. The summed E-state index contributed by atoms with van der Waals surface area (Å²) in [7, 11) is 0. The van der Waals surface area contributed by atoms with Crippen molar-refractivity contribution in [1.29, 1.82) is 5.26 Å². The fraction of sp³-hybridized carbons (Fsp3) is 0.800. The van der Waals surface area contributed by atoms with E-state index in [0.717, 1.165) is 0 Å². The van der Waals surface area contributed by atoms with Crippen molar-refractivity contribution in [2.45, 2.75) is 39.3 Å². The average molecular weight is 236 g/mol. The first kappa shape index (κ1) is 14.8. The third kappa shape index (κ3) is 4.09. The Morgan fingerprint density at radius 2 is 1.81 bits per heavy atom. The van der Waals surface area contributed by atoms with Gasteiger partial charge in [-0.1, -0.05) is 13.8 Å². The van der Waals surface area contributed by atoms with E-state index in [1.165, 1.54) is 0 Å². The van der Waals surface area contributed by atoms with Crippen molar-refractivity contribution in [3.05, 3.63) is 0 Å². The number of nitrogens with one attached hydrogen (secondary N) is 1. The molecule has 0 aliphatic heterocycles. The molecule has 1 amide bonds. The molecule has 0 saturated carbocycles. The molecule has 0 radical (unpaired) electrons. The summed E-state index contributed by atoms with van der Waals surface area (Å²) in [6.07, 6.45) is -4.79. The third-order valence-corrected chi connectivity index (χ3v) is 2.55. The predicted octanol–water partition coefficient (Wildman–Crippen LogP) is 2.38. The Kier molecular flexibility index (Phi) is 5.28. The number of amides is 1. The van der Waals surface area contributed by atoms with Crippen LogP contribution in [0.2, 0.25) is 0 Å². The van der Waals surface area contributed by atoms with Crippen LogP contribution in [0.1, 0.15) is 33.1 Å². The molecule has 0 bridgehead atoms. The van der Waals surface area contributed by atoms with Crippen molar-refractivity contribution >= 4 is 5.91 Å². The highest BCUT2D eigenvalue weighted by Crippen LogP contribution is 2.25. The van der Waals surface area contributed by atoms with Crippen LogP contribution in [0.4, 0.5) is 13.2 Å². The number of nitriles is 1. The summed E-state index contributed by atoms with van der Waals surface area (Å²) in [4.78, 5) is 11.5. The van der Waals surface area contributed by atoms with Crippen LogP contribution in [-0.2, 0) is 4.79 Å². The molecule has 0 aliphatic carbocycles. The van der Waals surface area contributed by atoms with Crippen LogP contribution in [0.25, 0.3) is 0 Å². The quantitative estimate of drug-likeness (QED) is 0.796. The molecule has 0 spiro atoms. The average Bonchev–Trinajstić information content (AvgIpc) is 2.19. The largest absolute Gasteiger partial charge is 0.390 e. The first-order valence-electron chi connectivity index (χ1n) is 5.07. The van der Waals surface area contributed by atoms with Crippen LogP contribution < -0.4 is 5.32 Å². The molecular weight excluding hydrogens is 221 g/mol. The summed E-state index contributed by atoms with van der Waals surface area (Å²) in [5, 5.41) is 11.0. The highest BCUT2D eigenvalue weighted by atomic mass is 19.4. The topological polar surface area (TPSA) is 52.9 Å². The Morgan fingerprint density at radius 1 is 1.31 bits per heavy atom. The number of halogens is 3. The van der Waals surface area contributed by atoms with Crippen LogP contribution in [0.3, 0.4) is 0 Å². The maximum Gasteiger partial charge on any atom is 0.390 e. The van der Waals surface area contributed by atoms with Crippen molar-refractivity contribution < 1.29 is 18.0 Å². The minimum absolute atomic E-state index is 0.290. The summed E-state index contributed by atoms with van der Waals surface area (Å²) in [6, 6.07) is 1.87. The molecule has 0 fully saturated rings. The minimum atomic E-state index is -4.29. The van der Waals surface area contributed by atoms with E-state index in [-0.39, 0.29) is 12.8 Å². The maximum atomic E-state index is 11.8. The van der Waals surface area contributed by atoms with Crippen LogP contribution in [-0.4, -0.2) is 18.6 Å². The van der Waals surface area contributed by atoms with Crippen molar-refractivity contribution in [3.8, 4) is 6.07 Å². The van der Waals surface area contributed by atoms with E-state index in [9.17, 15) is 18.0 Å². The first-order chi connectivity index (χ1) is 7.31. The van der Waals surface area contributed by atoms with Crippen molar-refractivity contribution in [1.82, 2.24) is 5.32 Å². The van der Waals surface area contributed by atoms with Crippen molar-refractivity contribution in [3.63, 3.8) is 0 Å². The summed E-state index contributed by atoms with van der Waals surface area (Å²) in [6.45, 7) is 2.85. The van der Waals surface area contributed by atoms with Gasteiger partial charge in [-0.2, -0.15) is 18.4 Å². The molecule has 0 atom stereocenters. The van der Waals surface area contributed by atoms with Crippen LogP contribution in [0.5, 0.6) is 0 Å². The van der Waals surface area contributed by atoms with Crippen LogP contribution >= 0.6 is 0 Å². The second-order valence-corrected chi connectivity index (χ2v) is 3.52. The highest BCUT2D eigenvalue weighted by Gasteiger charge is 2.35. The van der Waals surface area contributed by atoms with E-state index < -0.39 is 30.5 Å². The van der Waals surface area contributed by atoms with Crippen LogP contribution in [0, 0.1) is 16.7 Å². The standard InChI is InChI=1S/C10H15F3N2O/c1-3-9(4-2,7-14)8(16)15-6-5-10(11,12)13/h3-6H2,1-2H3,(H,15,16). The lowest BCUT2D eigenvalue weighted by Crippen LogP contribution is -2.40. The van der Waals surface area contributed by atoms with Gasteiger partial charge in [0.2, 0.25) is 5.91 Å². The van der Waals surface area contributed by atoms with Gasteiger partial charge in [0.25, 0.3) is 0 Å². The van der Waals surface area contributed by atoms with Gasteiger partial charge in [-0.15, -0.1) is 0 Å². The summed E-state index contributed by atoms with van der Waals surface area (Å²) in [5.41, 5.74) is -1.20. The number of hydrogen-bond donors (Lipinski definition) is 1. The second-order valence-electron chi connectivity index (χ2n) is 3.52. The second kappa shape index (κ2) is 5.73. The smallest absolute Gasteiger partial charge is 0.354 e. The van der Waals surface area contributed by atoms with Crippen molar-refractivity contribution in [2.24, 2.45) is 5.41 Å². The molecule has 0 aromatic heterocycles. The predicted molar refractivity (Wildman–Crippen MR) is 52.3 cm³/mol. The molecule has 1 N–H and O–H groups in total. The van der Waals surface area contributed by atoms with Gasteiger partial charge in [-0.05, 0) is 12.8 Å². The molecular formula is C10H15F3N2O. The van der Waals surface area contributed by atoms with Gasteiger partial charge in [0.05, 0.1) is 12.5 Å². The molecule has 0 aromatic carbocycles. The van der Waals surface area contributed by atoms with Gasteiger partial charge in [0.1, 0.15) is 5.41 Å². The lowest BCUT2D eigenvalue weighted by Gasteiger charge is -2.22. The van der Waals surface area contributed by atoms with Gasteiger partial charge < -0.3 is 5.32 Å². The van der Waals surface area contributed by atoms with E-state index in [2.05, 4.69) is 5.32 Å². The van der Waals surface area contributed by atoms with Gasteiger partial charge in [0, 0.05) is 6.54 Å². The number of carbonyl (C=O) groups excluding carboxylic acids is 1. The normalized spacial score (nSPS) is 12.0. The van der Waals surface area contributed by atoms with E-state index >= 15 is 0 Å². The molecule has 3 nitrogen and oxygen atoms in total. The molecule has 0 saturated heterocycles. The minimum Gasteiger partial charge on any atom is -0.354 e. The lowest BCUT2D eigenvalue weighted by atomic mass is 9.83.